The standard InChI is InChI=1S/C15H12ClFN2S/c16-11-6-4-10(5-7-11)8-9-19-13-3-1-2-12(17)14(13)18-15(19)20/h1-7H,8-9H2,(H,18,20). The molecule has 1 aromatic heterocycles. The van der Waals surface area contributed by atoms with E-state index in [1.807, 2.05) is 34.9 Å². The molecule has 2 nitrogen and oxygen atoms in total. The molecule has 3 rings (SSSR count). The van der Waals surface area contributed by atoms with E-state index in [9.17, 15) is 4.39 Å². The Kier molecular flexibility index (Phi) is 3.59. The van der Waals surface area contributed by atoms with Crippen molar-refractivity contribution in [1.29, 1.82) is 0 Å². The van der Waals surface area contributed by atoms with E-state index in [4.69, 9.17) is 23.8 Å². The molecule has 0 spiro atoms. The average Bonchev–Trinajstić information content (AvgIpc) is 2.76. The van der Waals surface area contributed by atoms with Crippen LogP contribution in [0.1, 0.15) is 5.56 Å². The Balaban J connectivity index is 1.91. The maximum atomic E-state index is 13.7. The fourth-order valence-electron chi connectivity index (χ4n) is 2.26. The summed E-state index contributed by atoms with van der Waals surface area (Å²) in [5.41, 5.74) is 2.43. The normalized spacial score (nSPS) is 11.1. The first-order chi connectivity index (χ1) is 9.65. The van der Waals surface area contributed by atoms with E-state index in [-0.39, 0.29) is 5.82 Å². The summed E-state index contributed by atoms with van der Waals surface area (Å²) in [6.07, 6.45) is 0.814. The highest BCUT2D eigenvalue weighted by Gasteiger charge is 2.07. The van der Waals surface area contributed by atoms with Gasteiger partial charge in [0.1, 0.15) is 11.3 Å². The third kappa shape index (κ3) is 2.49. The van der Waals surface area contributed by atoms with Crippen LogP contribution >= 0.6 is 23.8 Å². The van der Waals surface area contributed by atoms with Crippen LogP contribution in [0.4, 0.5) is 4.39 Å². The van der Waals surface area contributed by atoms with E-state index < -0.39 is 0 Å². The summed E-state index contributed by atoms with van der Waals surface area (Å²) in [4.78, 5) is 2.92. The number of nitrogens with zero attached hydrogens (tertiary/aromatic N) is 1. The van der Waals surface area contributed by atoms with Crippen LogP contribution in [-0.4, -0.2) is 9.55 Å². The summed E-state index contributed by atoms with van der Waals surface area (Å²) in [5, 5.41) is 0.722. The number of benzene rings is 2. The van der Waals surface area contributed by atoms with Gasteiger partial charge in [-0.2, -0.15) is 0 Å². The molecule has 0 fully saturated rings. The quantitative estimate of drug-likeness (QED) is 0.694. The second-order valence-electron chi connectivity index (χ2n) is 4.59. The summed E-state index contributed by atoms with van der Waals surface area (Å²) in [6.45, 7) is 0.698. The number of aromatic amines is 1. The molecule has 0 aliphatic rings. The number of imidazole rings is 1. The molecule has 3 aromatic rings. The van der Waals surface area contributed by atoms with Crippen molar-refractivity contribution in [3.63, 3.8) is 0 Å². The summed E-state index contributed by atoms with van der Waals surface area (Å²) < 4.78 is 16.1. The molecule has 0 aliphatic carbocycles. The number of para-hydroxylation sites is 1. The van der Waals surface area contributed by atoms with E-state index in [0.717, 1.165) is 17.0 Å². The van der Waals surface area contributed by atoms with Crippen LogP contribution in [0, 0.1) is 10.6 Å². The van der Waals surface area contributed by atoms with E-state index in [1.165, 1.54) is 11.6 Å². The Morgan fingerprint density at radius 1 is 1.15 bits per heavy atom. The Bertz CT molecular complexity index is 805. The van der Waals surface area contributed by atoms with E-state index in [2.05, 4.69) is 4.98 Å². The van der Waals surface area contributed by atoms with Gasteiger partial charge in [0, 0.05) is 11.6 Å². The maximum Gasteiger partial charge on any atom is 0.178 e. The Morgan fingerprint density at radius 3 is 2.65 bits per heavy atom. The van der Waals surface area contributed by atoms with E-state index in [0.29, 0.717) is 16.8 Å². The first-order valence-electron chi connectivity index (χ1n) is 6.26. The molecule has 2 aromatic carbocycles. The van der Waals surface area contributed by atoms with Gasteiger partial charge >= 0.3 is 0 Å². The molecule has 102 valence electrons. The molecule has 20 heavy (non-hydrogen) atoms. The van der Waals surface area contributed by atoms with Gasteiger partial charge in [-0.15, -0.1) is 0 Å². The highest BCUT2D eigenvalue weighted by atomic mass is 35.5. The monoisotopic (exact) mass is 306 g/mol. The van der Waals surface area contributed by atoms with Crippen molar-refractivity contribution in [2.75, 3.05) is 0 Å². The zero-order valence-electron chi connectivity index (χ0n) is 10.6. The topological polar surface area (TPSA) is 20.7 Å². The maximum absolute atomic E-state index is 13.7. The summed E-state index contributed by atoms with van der Waals surface area (Å²) in [6, 6.07) is 12.7. The molecule has 0 aliphatic heterocycles. The second kappa shape index (κ2) is 5.38. The fraction of sp³-hybridized carbons (Fsp3) is 0.133. The molecule has 0 atom stereocenters. The third-order valence-electron chi connectivity index (χ3n) is 3.30. The lowest BCUT2D eigenvalue weighted by Crippen LogP contribution is -2.01. The van der Waals surface area contributed by atoms with Crippen molar-refractivity contribution >= 4 is 34.9 Å². The number of nitrogens with one attached hydrogen (secondary N) is 1. The second-order valence-corrected chi connectivity index (χ2v) is 5.42. The van der Waals surface area contributed by atoms with Crippen molar-refractivity contribution in [3.05, 3.63) is 63.6 Å². The van der Waals surface area contributed by atoms with Crippen molar-refractivity contribution in [2.24, 2.45) is 0 Å². The minimum Gasteiger partial charge on any atom is -0.328 e. The Labute approximate surface area is 125 Å². The zero-order chi connectivity index (χ0) is 14.1. The average molecular weight is 307 g/mol. The van der Waals surface area contributed by atoms with Crippen LogP contribution in [0.15, 0.2) is 42.5 Å². The summed E-state index contributed by atoms with van der Waals surface area (Å²) >= 11 is 11.1. The number of aryl methyl sites for hydroxylation is 2. The molecule has 0 amide bonds. The predicted molar refractivity (Wildman–Crippen MR) is 82.2 cm³/mol. The Hall–Kier alpha value is -1.65. The van der Waals surface area contributed by atoms with E-state index in [1.54, 1.807) is 6.07 Å². The van der Waals surface area contributed by atoms with Crippen molar-refractivity contribution < 1.29 is 4.39 Å². The number of rotatable bonds is 3. The SMILES string of the molecule is Fc1cccc2c1[nH]c(=S)n2CCc1ccc(Cl)cc1. The molecule has 1 N–H and O–H groups in total. The van der Waals surface area contributed by atoms with Crippen LogP contribution in [0.2, 0.25) is 5.02 Å². The lowest BCUT2D eigenvalue weighted by atomic mass is 10.1. The molecular weight excluding hydrogens is 295 g/mol. The van der Waals surface area contributed by atoms with Gasteiger partial charge in [-0.05, 0) is 48.5 Å². The number of fused-ring (bicyclic) bond motifs is 1. The minimum atomic E-state index is -0.279. The van der Waals surface area contributed by atoms with Gasteiger partial charge in [0.25, 0.3) is 0 Å². The van der Waals surface area contributed by atoms with Gasteiger partial charge < -0.3 is 9.55 Å². The van der Waals surface area contributed by atoms with Gasteiger partial charge in [-0.25, -0.2) is 4.39 Å². The van der Waals surface area contributed by atoms with Crippen molar-refractivity contribution in [1.82, 2.24) is 9.55 Å². The lowest BCUT2D eigenvalue weighted by Gasteiger charge is -2.05. The summed E-state index contributed by atoms with van der Waals surface area (Å²) in [5.74, 6) is -0.279. The third-order valence-corrected chi connectivity index (χ3v) is 3.87. The van der Waals surface area contributed by atoms with Crippen LogP contribution in [0.25, 0.3) is 11.0 Å². The number of aromatic nitrogens is 2. The number of hydrogen-bond acceptors (Lipinski definition) is 1. The smallest absolute Gasteiger partial charge is 0.178 e. The van der Waals surface area contributed by atoms with Crippen LogP contribution in [-0.2, 0) is 13.0 Å². The van der Waals surface area contributed by atoms with Gasteiger partial charge in [0.15, 0.2) is 4.77 Å². The van der Waals surface area contributed by atoms with Crippen LogP contribution < -0.4 is 0 Å². The zero-order valence-corrected chi connectivity index (χ0v) is 12.1. The van der Waals surface area contributed by atoms with Gasteiger partial charge in [-0.3, -0.25) is 0 Å². The first-order valence-corrected chi connectivity index (χ1v) is 7.05. The highest BCUT2D eigenvalue weighted by molar-refractivity contribution is 7.71. The minimum absolute atomic E-state index is 0.279. The summed E-state index contributed by atoms with van der Waals surface area (Å²) in [7, 11) is 0. The molecule has 5 heteroatoms. The van der Waals surface area contributed by atoms with Crippen molar-refractivity contribution in [3.8, 4) is 0 Å². The van der Waals surface area contributed by atoms with Gasteiger partial charge in [-0.1, -0.05) is 29.8 Å². The molecule has 0 saturated carbocycles. The molecule has 0 saturated heterocycles. The van der Waals surface area contributed by atoms with Crippen LogP contribution in [0.5, 0.6) is 0 Å². The highest BCUT2D eigenvalue weighted by Crippen LogP contribution is 2.18. The predicted octanol–water partition coefficient (Wildman–Crippen LogP) is 4.73. The molecule has 0 unspecified atom stereocenters. The fourth-order valence-corrected chi connectivity index (χ4v) is 2.68. The molecule has 1 heterocycles. The number of H-pyrrole nitrogens is 1. The first kappa shape index (κ1) is 13.3. The molecule has 0 radical (unpaired) electrons. The molecule has 0 bridgehead atoms. The Morgan fingerprint density at radius 2 is 1.90 bits per heavy atom. The van der Waals surface area contributed by atoms with Crippen molar-refractivity contribution in [2.45, 2.75) is 13.0 Å². The van der Waals surface area contributed by atoms with Gasteiger partial charge in [0.05, 0.1) is 5.52 Å². The lowest BCUT2D eigenvalue weighted by molar-refractivity contribution is 0.637. The van der Waals surface area contributed by atoms with Crippen LogP contribution in [0.3, 0.4) is 0 Å². The molecular formula is C15H12ClFN2S. The van der Waals surface area contributed by atoms with E-state index >= 15 is 0 Å². The number of hydrogen-bond donors (Lipinski definition) is 1. The van der Waals surface area contributed by atoms with Gasteiger partial charge in [0.2, 0.25) is 0 Å². The number of halogens is 2. The largest absolute Gasteiger partial charge is 0.328 e.